The number of nitrogens with zero attached hydrogens (tertiary/aromatic N) is 3. The summed E-state index contributed by atoms with van der Waals surface area (Å²) in [5.74, 6) is 1.13. The molecule has 1 aromatic heterocycles. The van der Waals surface area contributed by atoms with Crippen molar-refractivity contribution >= 4 is 5.82 Å². The smallest absolute Gasteiger partial charge is 0.129 e. The number of rotatable bonds is 5. The van der Waals surface area contributed by atoms with Crippen LogP contribution in [-0.2, 0) is 13.0 Å². The summed E-state index contributed by atoms with van der Waals surface area (Å²) in [6.45, 7) is 10.4. The molecule has 3 aliphatic heterocycles. The maximum Gasteiger partial charge on any atom is 0.129 e. The van der Waals surface area contributed by atoms with Crippen LogP contribution in [-0.4, -0.2) is 54.1 Å². The molecule has 1 unspecified atom stereocenters. The van der Waals surface area contributed by atoms with Crippen molar-refractivity contribution in [3.63, 3.8) is 0 Å². The summed E-state index contributed by atoms with van der Waals surface area (Å²) < 4.78 is 0. The van der Waals surface area contributed by atoms with Gasteiger partial charge in [-0.25, -0.2) is 4.98 Å². The number of hydrogen-bond acceptors (Lipinski definition) is 4. The van der Waals surface area contributed by atoms with Crippen LogP contribution in [0.5, 0.6) is 0 Å². The molecule has 3 aliphatic rings. The third-order valence-electron chi connectivity index (χ3n) is 6.14. The predicted octanol–water partition coefficient (Wildman–Crippen LogP) is 3.30. The average molecular weight is 341 g/mol. The highest BCUT2D eigenvalue weighted by atomic mass is 15.2. The Balaban J connectivity index is 1.33. The van der Waals surface area contributed by atoms with E-state index in [0.29, 0.717) is 5.41 Å². The monoisotopic (exact) mass is 340 g/mol. The SMILES string of the molecule is CC/C=C/CN1CCC2(CCN(Cc3ccc4c(n3)NCCC4)C2)C1. The maximum atomic E-state index is 4.88. The molecule has 1 spiro atoms. The van der Waals surface area contributed by atoms with E-state index in [1.54, 1.807) is 0 Å². The van der Waals surface area contributed by atoms with Crippen LogP contribution in [0.3, 0.4) is 0 Å². The van der Waals surface area contributed by atoms with Gasteiger partial charge >= 0.3 is 0 Å². The first-order chi connectivity index (χ1) is 12.3. The Hall–Kier alpha value is -1.39. The van der Waals surface area contributed by atoms with Gasteiger partial charge in [0.2, 0.25) is 0 Å². The van der Waals surface area contributed by atoms with Crippen LogP contribution >= 0.6 is 0 Å². The number of pyridine rings is 1. The van der Waals surface area contributed by atoms with Gasteiger partial charge < -0.3 is 5.32 Å². The first kappa shape index (κ1) is 17.0. The highest BCUT2D eigenvalue weighted by molar-refractivity contribution is 5.47. The second-order valence-corrected chi connectivity index (χ2v) is 8.17. The van der Waals surface area contributed by atoms with Gasteiger partial charge in [0.25, 0.3) is 0 Å². The lowest BCUT2D eigenvalue weighted by molar-refractivity contribution is 0.243. The zero-order chi connectivity index (χ0) is 17.1. The molecule has 1 aromatic rings. The molecule has 4 nitrogen and oxygen atoms in total. The molecule has 4 heterocycles. The minimum atomic E-state index is 0.534. The number of aromatic nitrogens is 1. The zero-order valence-electron chi connectivity index (χ0n) is 15.6. The van der Waals surface area contributed by atoms with Gasteiger partial charge in [-0.05, 0) is 62.2 Å². The van der Waals surface area contributed by atoms with Gasteiger partial charge in [-0.3, -0.25) is 9.80 Å². The van der Waals surface area contributed by atoms with Crippen molar-refractivity contribution < 1.29 is 0 Å². The van der Waals surface area contributed by atoms with Crippen LogP contribution in [0.15, 0.2) is 24.3 Å². The third kappa shape index (κ3) is 3.90. The average Bonchev–Trinajstić information content (AvgIpc) is 3.22. The normalized spacial score (nSPS) is 27.2. The molecular weight excluding hydrogens is 308 g/mol. The summed E-state index contributed by atoms with van der Waals surface area (Å²) >= 11 is 0. The number of nitrogens with one attached hydrogen (secondary N) is 1. The van der Waals surface area contributed by atoms with Crippen molar-refractivity contribution in [2.75, 3.05) is 44.6 Å². The van der Waals surface area contributed by atoms with Crippen molar-refractivity contribution in [1.82, 2.24) is 14.8 Å². The Morgan fingerprint density at radius 1 is 1.16 bits per heavy atom. The van der Waals surface area contributed by atoms with Crippen molar-refractivity contribution in [2.24, 2.45) is 5.41 Å². The number of aryl methyl sites for hydroxylation is 1. The van der Waals surface area contributed by atoms with Crippen molar-refractivity contribution in [3.05, 3.63) is 35.5 Å². The lowest BCUT2D eigenvalue weighted by Gasteiger charge is -2.25. The maximum absolute atomic E-state index is 4.88. The van der Waals surface area contributed by atoms with Crippen LogP contribution in [0, 0.1) is 5.41 Å². The molecule has 136 valence electrons. The molecule has 0 bridgehead atoms. The first-order valence-electron chi connectivity index (χ1n) is 10.1. The fraction of sp³-hybridized carbons (Fsp3) is 0.667. The zero-order valence-corrected chi connectivity index (χ0v) is 15.6. The van der Waals surface area contributed by atoms with E-state index in [2.05, 4.69) is 46.3 Å². The molecule has 1 N–H and O–H groups in total. The van der Waals surface area contributed by atoms with E-state index < -0.39 is 0 Å². The quantitative estimate of drug-likeness (QED) is 0.834. The van der Waals surface area contributed by atoms with Gasteiger partial charge in [0.1, 0.15) is 5.82 Å². The Bertz CT molecular complexity index is 626. The van der Waals surface area contributed by atoms with E-state index in [1.807, 2.05) is 0 Å². The molecule has 0 saturated carbocycles. The van der Waals surface area contributed by atoms with E-state index in [-0.39, 0.29) is 0 Å². The Morgan fingerprint density at radius 3 is 2.88 bits per heavy atom. The van der Waals surface area contributed by atoms with E-state index in [4.69, 9.17) is 4.98 Å². The van der Waals surface area contributed by atoms with Crippen LogP contribution in [0.2, 0.25) is 0 Å². The highest BCUT2D eigenvalue weighted by Crippen LogP contribution is 2.39. The van der Waals surface area contributed by atoms with Gasteiger partial charge in [0, 0.05) is 32.7 Å². The summed E-state index contributed by atoms with van der Waals surface area (Å²) in [4.78, 5) is 10.1. The van der Waals surface area contributed by atoms with Gasteiger partial charge in [-0.2, -0.15) is 0 Å². The lowest BCUT2D eigenvalue weighted by atomic mass is 9.86. The third-order valence-corrected chi connectivity index (χ3v) is 6.14. The van der Waals surface area contributed by atoms with Crippen LogP contribution < -0.4 is 5.32 Å². The van der Waals surface area contributed by atoms with E-state index in [9.17, 15) is 0 Å². The Morgan fingerprint density at radius 2 is 2.00 bits per heavy atom. The summed E-state index contributed by atoms with van der Waals surface area (Å²) in [5, 5.41) is 3.46. The fourth-order valence-corrected chi connectivity index (χ4v) is 4.76. The Labute approximate surface area is 152 Å². The molecule has 4 heteroatoms. The lowest BCUT2D eigenvalue weighted by Crippen LogP contribution is -2.31. The number of allylic oxidation sites excluding steroid dienone is 1. The van der Waals surface area contributed by atoms with Crippen molar-refractivity contribution in [1.29, 1.82) is 0 Å². The minimum Gasteiger partial charge on any atom is -0.370 e. The van der Waals surface area contributed by atoms with Gasteiger partial charge in [0.15, 0.2) is 0 Å². The van der Waals surface area contributed by atoms with Gasteiger partial charge in [0.05, 0.1) is 5.69 Å². The van der Waals surface area contributed by atoms with Gasteiger partial charge in [-0.1, -0.05) is 25.1 Å². The fourth-order valence-electron chi connectivity index (χ4n) is 4.76. The van der Waals surface area contributed by atoms with E-state index in [1.165, 1.54) is 63.1 Å². The molecule has 0 aliphatic carbocycles. The van der Waals surface area contributed by atoms with E-state index >= 15 is 0 Å². The molecule has 4 rings (SSSR count). The van der Waals surface area contributed by atoms with Crippen LogP contribution in [0.1, 0.15) is 43.9 Å². The number of likely N-dealkylation sites (tertiary alicyclic amines) is 2. The predicted molar refractivity (Wildman–Crippen MR) is 104 cm³/mol. The molecule has 2 fully saturated rings. The summed E-state index contributed by atoms with van der Waals surface area (Å²) in [5.41, 5.74) is 3.15. The van der Waals surface area contributed by atoms with Crippen molar-refractivity contribution in [2.45, 2.75) is 45.6 Å². The summed E-state index contributed by atoms with van der Waals surface area (Å²) in [7, 11) is 0. The standard InChI is InChI=1S/C21H32N4/c1-2-3-4-12-24-13-9-21(16-24)10-14-25(17-21)15-19-8-7-18-6-5-11-22-20(18)23-19/h3-4,7-8H,2,5-6,9-17H2,1H3,(H,22,23)/b4-3+. The highest BCUT2D eigenvalue weighted by Gasteiger charge is 2.42. The van der Waals surface area contributed by atoms with Gasteiger partial charge in [-0.15, -0.1) is 0 Å². The molecule has 0 amide bonds. The number of anilines is 1. The molecule has 1 atom stereocenters. The second-order valence-electron chi connectivity index (χ2n) is 8.17. The Kier molecular flexibility index (Phi) is 5.09. The molecular formula is C21H32N4. The summed E-state index contributed by atoms with van der Waals surface area (Å²) in [6.07, 6.45) is 10.9. The topological polar surface area (TPSA) is 31.4 Å². The minimum absolute atomic E-state index is 0.534. The van der Waals surface area contributed by atoms with E-state index in [0.717, 1.165) is 31.9 Å². The number of hydrogen-bond donors (Lipinski definition) is 1. The largest absolute Gasteiger partial charge is 0.370 e. The molecule has 0 aromatic carbocycles. The van der Waals surface area contributed by atoms with Crippen LogP contribution in [0.25, 0.3) is 0 Å². The van der Waals surface area contributed by atoms with Crippen LogP contribution in [0.4, 0.5) is 5.82 Å². The first-order valence-corrected chi connectivity index (χ1v) is 10.1. The second kappa shape index (κ2) is 7.46. The van der Waals surface area contributed by atoms with Crippen molar-refractivity contribution in [3.8, 4) is 0 Å². The molecule has 25 heavy (non-hydrogen) atoms. The molecule has 2 saturated heterocycles. The summed E-state index contributed by atoms with van der Waals surface area (Å²) in [6, 6.07) is 4.53. The number of fused-ring (bicyclic) bond motifs is 1. The molecule has 0 radical (unpaired) electrons.